The summed E-state index contributed by atoms with van der Waals surface area (Å²) in [7, 11) is 0. The second-order valence-corrected chi connectivity index (χ2v) is 6.31. The van der Waals surface area contributed by atoms with Gasteiger partial charge in [0.2, 0.25) is 0 Å². The predicted octanol–water partition coefficient (Wildman–Crippen LogP) is 3.02. The fraction of sp³-hybridized carbons (Fsp3) is 0.200. The summed E-state index contributed by atoms with van der Waals surface area (Å²) < 4.78 is 11.1. The Balaban J connectivity index is 1.87. The Hall–Kier alpha value is -2.79. The van der Waals surface area contributed by atoms with Crippen molar-refractivity contribution in [3.05, 3.63) is 74.6 Å². The summed E-state index contributed by atoms with van der Waals surface area (Å²) in [4.78, 5) is 22.8. The van der Waals surface area contributed by atoms with Crippen LogP contribution >= 0.6 is 11.6 Å². The average Bonchev–Trinajstić information content (AvgIpc) is 2.60. The summed E-state index contributed by atoms with van der Waals surface area (Å²) >= 11 is 6.11. The van der Waals surface area contributed by atoms with E-state index < -0.39 is 11.6 Å². The lowest BCUT2D eigenvalue weighted by molar-refractivity contribution is -0.305. The molecule has 0 aliphatic carbocycles. The van der Waals surface area contributed by atoms with E-state index in [-0.39, 0.29) is 19.4 Å². The highest BCUT2D eigenvalue weighted by Gasteiger charge is 2.12. The van der Waals surface area contributed by atoms with Crippen molar-refractivity contribution in [2.45, 2.75) is 26.4 Å². The first-order valence-corrected chi connectivity index (χ1v) is 8.46. The number of carboxylic acid groups (broad SMARTS) is 1. The van der Waals surface area contributed by atoms with Crippen molar-refractivity contribution in [1.29, 1.82) is 0 Å². The number of fused-ring (bicyclic) bond motifs is 1. The van der Waals surface area contributed by atoms with Crippen molar-refractivity contribution >= 4 is 28.5 Å². The van der Waals surface area contributed by atoms with E-state index in [1.165, 1.54) is 0 Å². The van der Waals surface area contributed by atoms with Crippen LogP contribution in [0.15, 0.2) is 51.7 Å². The van der Waals surface area contributed by atoms with Crippen LogP contribution in [0.25, 0.3) is 11.0 Å². The summed E-state index contributed by atoms with van der Waals surface area (Å²) in [5, 5.41) is 12.0. The number of hydrogen-bond donors (Lipinski definition) is 0. The van der Waals surface area contributed by atoms with Gasteiger partial charge >= 0.3 is 5.63 Å². The van der Waals surface area contributed by atoms with Crippen LogP contribution in [0.1, 0.15) is 23.1 Å². The third kappa shape index (κ3) is 3.89. The minimum absolute atomic E-state index is 0.0806. The lowest BCUT2D eigenvalue weighted by atomic mass is 10.0. The monoisotopic (exact) mass is 371 g/mol. The van der Waals surface area contributed by atoms with Gasteiger partial charge in [0, 0.05) is 33.6 Å². The largest absolute Gasteiger partial charge is 0.550 e. The van der Waals surface area contributed by atoms with E-state index in [2.05, 4.69) is 0 Å². The second-order valence-electron chi connectivity index (χ2n) is 5.90. The molecule has 0 spiro atoms. The molecule has 0 saturated carbocycles. The molecule has 0 aliphatic heterocycles. The van der Waals surface area contributed by atoms with Gasteiger partial charge in [0.15, 0.2) is 0 Å². The van der Waals surface area contributed by atoms with Gasteiger partial charge in [-0.15, -0.1) is 0 Å². The topological polar surface area (TPSA) is 79.6 Å². The predicted molar refractivity (Wildman–Crippen MR) is 96.3 cm³/mol. The highest BCUT2D eigenvalue weighted by atomic mass is 35.5. The SMILES string of the molecule is Cc1c(CCC(=O)[O-])c(=O)oc2cc(OCc3ccccc3Cl)ccc12. The van der Waals surface area contributed by atoms with Gasteiger partial charge in [-0.1, -0.05) is 29.8 Å². The van der Waals surface area contributed by atoms with Crippen molar-refractivity contribution in [3.8, 4) is 5.75 Å². The van der Waals surface area contributed by atoms with Crippen molar-refractivity contribution in [3.63, 3.8) is 0 Å². The molecule has 0 bridgehead atoms. The molecule has 0 N–H and O–H groups in total. The highest BCUT2D eigenvalue weighted by Crippen LogP contribution is 2.26. The van der Waals surface area contributed by atoms with E-state index in [0.29, 0.717) is 27.5 Å². The fourth-order valence-corrected chi connectivity index (χ4v) is 2.95. The third-order valence-electron chi connectivity index (χ3n) is 4.19. The molecule has 134 valence electrons. The minimum Gasteiger partial charge on any atom is -0.550 e. The highest BCUT2D eigenvalue weighted by molar-refractivity contribution is 6.31. The number of benzene rings is 2. The third-order valence-corrected chi connectivity index (χ3v) is 4.56. The maximum absolute atomic E-state index is 12.2. The van der Waals surface area contributed by atoms with Crippen LogP contribution in [-0.4, -0.2) is 5.97 Å². The molecule has 2 aromatic carbocycles. The summed E-state index contributed by atoms with van der Waals surface area (Å²) in [5.41, 5.74) is 1.76. The zero-order valence-electron chi connectivity index (χ0n) is 14.1. The number of carbonyl (C=O) groups is 1. The van der Waals surface area contributed by atoms with Gasteiger partial charge in [0.25, 0.3) is 0 Å². The number of aryl methyl sites for hydroxylation is 1. The molecular weight excluding hydrogens is 356 g/mol. The van der Waals surface area contributed by atoms with Gasteiger partial charge in [-0.25, -0.2) is 4.79 Å². The van der Waals surface area contributed by atoms with E-state index in [0.717, 1.165) is 10.9 Å². The van der Waals surface area contributed by atoms with Gasteiger partial charge in [-0.05, 0) is 43.5 Å². The quantitative estimate of drug-likeness (QED) is 0.622. The van der Waals surface area contributed by atoms with Crippen molar-refractivity contribution < 1.29 is 19.1 Å². The second kappa shape index (κ2) is 7.62. The molecule has 1 heterocycles. The average molecular weight is 372 g/mol. The molecule has 6 heteroatoms. The Morgan fingerprint density at radius 2 is 2.00 bits per heavy atom. The zero-order valence-corrected chi connectivity index (χ0v) is 14.8. The van der Waals surface area contributed by atoms with Crippen molar-refractivity contribution in [2.75, 3.05) is 0 Å². The van der Waals surface area contributed by atoms with Crippen molar-refractivity contribution in [1.82, 2.24) is 0 Å². The van der Waals surface area contributed by atoms with E-state index in [9.17, 15) is 14.7 Å². The summed E-state index contributed by atoms with van der Waals surface area (Å²) in [6, 6.07) is 12.6. The number of aliphatic carboxylic acids is 1. The zero-order chi connectivity index (χ0) is 18.7. The molecule has 0 amide bonds. The number of carboxylic acids is 1. The normalized spacial score (nSPS) is 10.8. The Bertz CT molecular complexity index is 1020. The fourth-order valence-electron chi connectivity index (χ4n) is 2.76. The van der Waals surface area contributed by atoms with E-state index in [1.54, 1.807) is 31.2 Å². The lowest BCUT2D eigenvalue weighted by Crippen LogP contribution is -2.24. The number of halogens is 1. The first-order valence-electron chi connectivity index (χ1n) is 8.08. The van der Waals surface area contributed by atoms with Crippen LogP contribution in [-0.2, 0) is 17.8 Å². The Morgan fingerprint density at radius 1 is 1.23 bits per heavy atom. The molecule has 0 unspecified atom stereocenters. The van der Waals surface area contributed by atoms with Crippen LogP contribution in [0.2, 0.25) is 5.02 Å². The molecule has 3 rings (SSSR count). The Morgan fingerprint density at radius 3 is 2.73 bits per heavy atom. The molecule has 0 radical (unpaired) electrons. The van der Waals surface area contributed by atoms with Gasteiger partial charge in [0.1, 0.15) is 17.9 Å². The molecule has 0 aliphatic rings. The van der Waals surface area contributed by atoms with Gasteiger partial charge in [0.05, 0.1) is 0 Å². The van der Waals surface area contributed by atoms with E-state index in [4.69, 9.17) is 20.8 Å². The molecule has 0 saturated heterocycles. The summed E-state index contributed by atoms with van der Waals surface area (Å²) in [6.07, 6.45) is -0.146. The molecule has 0 atom stereocenters. The minimum atomic E-state index is -1.20. The standard InChI is InChI=1S/C20H17ClO5/c1-12-15-7-6-14(25-11-13-4-2-3-5-17(13)21)10-18(15)26-20(24)16(12)8-9-19(22)23/h2-7,10H,8-9,11H2,1H3,(H,22,23)/p-1. The maximum Gasteiger partial charge on any atom is 0.339 e. The number of ether oxygens (including phenoxy) is 1. The first-order chi connectivity index (χ1) is 12.5. The maximum atomic E-state index is 12.2. The number of hydrogen-bond acceptors (Lipinski definition) is 5. The number of rotatable bonds is 6. The molecule has 3 aromatic rings. The Labute approximate surface area is 154 Å². The van der Waals surface area contributed by atoms with Crippen LogP contribution in [0.3, 0.4) is 0 Å². The lowest BCUT2D eigenvalue weighted by Gasteiger charge is -2.11. The van der Waals surface area contributed by atoms with Crippen LogP contribution < -0.4 is 15.5 Å². The molecule has 0 fully saturated rings. The van der Waals surface area contributed by atoms with Crippen LogP contribution in [0.5, 0.6) is 5.75 Å². The van der Waals surface area contributed by atoms with E-state index in [1.807, 2.05) is 18.2 Å². The van der Waals surface area contributed by atoms with Gasteiger partial charge in [-0.3, -0.25) is 0 Å². The Kier molecular flexibility index (Phi) is 5.28. The molecule has 1 aromatic heterocycles. The smallest absolute Gasteiger partial charge is 0.339 e. The van der Waals surface area contributed by atoms with Crippen LogP contribution in [0.4, 0.5) is 0 Å². The number of carbonyl (C=O) groups excluding carboxylic acids is 1. The first kappa shape index (κ1) is 18.0. The molecular formula is C20H16ClO5-. The van der Waals surface area contributed by atoms with Gasteiger partial charge in [-0.2, -0.15) is 0 Å². The van der Waals surface area contributed by atoms with Crippen molar-refractivity contribution in [2.24, 2.45) is 0 Å². The van der Waals surface area contributed by atoms with Crippen LogP contribution in [0, 0.1) is 6.92 Å². The van der Waals surface area contributed by atoms with Gasteiger partial charge < -0.3 is 19.1 Å². The molecule has 5 nitrogen and oxygen atoms in total. The van der Waals surface area contributed by atoms with E-state index >= 15 is 0 Å². The summed E-state index contributed by atoms with van der Waals surface area (Å²) in [5.74, 6) is -0.658. The molecule has 26 heavy (non-hydrogen) atoms. The summed E-state index contributed by atoms with van der Waals surface area (Å²) in [6.45, 7) is 2.06.